The molecule has 1 aliphatic carbocycles. The van der Waals surface area contributed by atoms with Gasteiger partial charge in [0.1, 0.15) is 5.78 Å². The standard InChI is InChI=1S/C10H16O/c1-7(2)9-5-4-8(3)10(11)6-9/h5,7-8H,4,6H2,1-3H3/t8-/m1/s1. The maximum Gasteiger partial charge on any atom is 0.140 e. The summed E-state index contributed by atoms with van der Waals surface area (Å²) < 4.78 is 0. The molecule has 0 heterocycles. The van der Waals surface area contributed by atoms with Crippen molar-refractivity contribution in [3.63, 3.8) is 0 Å². The Morgan fingerprint density at radius 1 is 1.55 bits per heavy atom. The molecule has 1 rings (SSSR count). The predicted molar refractivity (Wildman–Crippen MR) is 46.3 cm³/mol. The Hall–Kier alpha value is -0.590. The van der Waals surface area contributed by atoms with Gasteiger partial charge in [-0.25, -0.2) is 0 Å². The fourth-order valence-electron chi connectivity index (χ4n) is 1.35. The van der Waals surface area contributed by atoms with E-state index in [1.54, 1.807) is 0 Å². The van der Waals surface area contributed by atoms with Crippen LogP contribution in [0.25, 0.3) is 0 Å². The maximum atomic E-state index is 11.3. The van der Waals surface area contributed by atoms with Crippen molar-refractivity contribution in [2.45, 2.75) is 33.6 Å². The van der Waals surface area contributed by atoms with E-state index in [1.807, 2.05) is 6.92 Å². The van der Waals surface area contributed by atoms with Crippen molar-refractivity contribution in [1.29, 1.82) is 0 Å². The third-order valence-electron chi connectivity index (χ3n) is 2.40. The van der Waals surface area contributed by atoms with Crippen LogP contribution in [-0.4, -0.2) is 5.78 Å². The second-order valence-corrected chi connectivity index (χ2v) is 3.71. The molecule has 0 saturated heterocycles. The zero-order valence-corrected chi connectivity index (χ0v) is 7.55. The third kappa shape index (κ3) is 1.92. The molecule has 0 fully saturated rings. The van der Waals surface area contributed by atoms with Crippen LogP contribution in [0.4, 0.5) is 0 Å². The van der Waals surface area contributed by atoms with Crippen LogP contribution < -0.4 is 0 Å². The highest BCUT2D eigenvalue weighted by molar-refractivity contribution is 5.84. The highest BCUT2D eigenvalue weighted by Crippen LogP contribution is 2.24. The highest BCUT2D eigenvalue weighted by atomic mass is 16.1. The van der Waals surface area contributed by atoms with Gasteiger partial charge in [0.15, 0.2) is 0 Å². The topological polar surface area (TPSA) is 17.1 Å². The molecule has 62 valence electrons. The average molecular weight is 152 g/mol. The fraction of sp³-hybridized carbons (Fsp3) is 0.700. The number of allylic oxidation sites excluding steroid dienone is 2. The molecule has 0 bridgehead atoms. The predicted octanol–water partition coefficient (Wildman–Crippen LogP) is 2.57. The first-order valence-electron chi connectivity index (χ1n) is 4.33. The molecular formula is C10H16O. The summed E-state index contributed by atoms with van der Waals surface area (Å²) in [4.78, 5) is 11.3. The minimum Gasteiger partial charge on any atom is -0.299 e. The van der Waals surface area contributed by atoms with E-state index in [9.17, 15) is 4.79 Å². The van der Waals surface area contributed by atoms with Gasteiger partial charge in [-0.1, -0.05) is 32.4 Å². The maximum absolute atomic E-state index is 11.3. The summed E-state index contributed by atoms with van der Waals surface area (Å²) in [5, 5.41) is 0. The minimum atomic E-state index is 0.262. The van der Waals surface area contributed by atoms with E-state index in [-0.39, 0.29) is 5.92 Å². The summed E-state index contributed by atoms with van der Waals surface area (Å²) in [5.41, 5.74) is 1.33. The lowest BCUT2D eigenvalue weighted by atomic mass is 9.85. The Morgan fingerprint density at radius 3 is 2.64 bits per heavy atom. The number of ketones is 1. The van der Waals surface area contributed by atoms with E-state index >= 15 is 0 Å². The lowest BCUT2D eigenvalue weighted by Crippen LogP contribution is -2.17. The first-order valence-corrected chi connectivity index (χ1v) is 4.33. The van der Waals surface area contributed by atoms with E-state index in [1.165, 1.54) is 5.57 Å². The van der Waals surface area contributed by atoms with E-state index in [0.29, 0.717) is 18.1 Å². The summed E-state index contributed by atoms with van der Waals surface area (Å²) >= 11 is 0. The quantitative estimate of drug-likeness (QED) is 0.528. The first kappa shape index (κ1) is 8.51. The van der Waals surface area contributed by atoms with Gasteiger partial charge in [0.25, 0.3) is 0 Å². The van der Waals surface area contributed by atoms with Crippen molar-refractivity contribution in [1.82, 2.24) is 0 Å². The van der Waals surface area contributed by atoms with Gasteiger partial charge in [0.2, 0.25) is 0 Å². The summed E-state index contributed by atoms with van der Waals surface area (Å²) in [5.74, 6) is 1.22. The minimum absolute atomic E-state index is 0.262. The number of hydrogen-bond donors (Lipinski definition) is 0. The summed E-state index contributed by atoms with van der Waals surface area (Å²) in [6.45, 7) is 6.31. The SMILES string of the molecule is CC(C)C1=CC[C@@H](C)C(=O)C1. The van der Waals surface area contributed by atoms with Gasteiger partial charge >= 0.3 is 0 Å². The second kappa shape index (κ2) is 3.21. The van der Waals surface area contributed by atoms with Gasteiger partial charge in [0, 0.05) is 12.3 Å². The molecule has 0 aromatic carbocycles. The Labute approximate surface area is 68.5 Å². The van der Waals surface area contributed by atoms with Crippen LogP contribution in [0.3, 0.4) is 0 Å². The molecule has 0 saturated carbocycles. The summed E-state index contributed by atoms with van der Waals surface area (Å²) in [6.07, 6.45) is 3.88. The molecular weight excluding hydrogens is 136 g/mol. The van der Waals surface area contributed by atoms with E-state index in [0.717, 1.165) is 6.42 Å². The molecule has 0 amide bonds. The molecule has 0 radical (unpaired) electrons. The monoisotopic (exact) mass is 152 g/mol. The largest absolute Gasteiger partial charge is 0.299 e. The van der Waals surface area contributed by atoms with Gasteiger partial charge in [-0.2, -0.15) is 0 Å². The van der Waals surface area contributed by atoms with Crippen LogP contribution in [0.15, 0.2) is 11.6 Å². The van der Waals surface area contributed by atoms with E-state index in [4.69, 9.17) is 0 Å². The molecule has 0 N–H and O–H groups in total. The number of rotatable bonds is 1. The summed E-state index contributed by atoms with van der Waals surface area (Å²) in [7, 11) is 0. The molecule has 1 aliphatic rings. The Bertz CT molecular complexity index is 189. The van der Waals surface area contributed by atoms with Crippen molar-refractivity contribution in [3.8, 4) is 0 Å². The van der Waals surface area contributed by atoms with Crippen LogP contribution in [0.2, 0.25) is 0 Å². The van der Waals surface area contributed by atoms with Gasteiger partial charge in [-0.3, -0.25) is 4.79 Å². The molecule has 0 aliphatic heterocycles. The molecule has 0 aromatic rings. The number of Topliss-reactive ketones (excluding diaryl/α,β-unsaturated/α-hetero) is 1. The summed E-state index contributed by atoms with van der Waals surface area (Å²) in [6, 6.07) is 0. The molecule has 1 heteroatoms. The van der Waals surface area contributed by atoms with Gasteiger partial charge in [-0.15, -0.1) is 0 Å². The van der Waals surface area contributed by atoms with Crippen LogP contribution in [0.1, 0.15) is 33.6 Å². The Morgan fingerprint density at radius 2 is 2.18 bits per heavy atom. The zero-order valence-electron chi connectivity index (χ0n) is 7.55. The van der Waals surface area contributed by atoms with Crippen LogP contribution in [0, 0.1) is 11.8 Å². The normalized spacial score (nSPS) is 25.6. The lowest BCUT2D eigenvalue weighted by molar-refractivity contribution is -0.122. The molecule has 11 heavy (non-hydrogen) atoms. The van der Waals surface area contributed by atoms with Crippen molar-refractivity contribution in [2.75, 3.05) is 0 Å². The average Bonchev–Trinajstić information content (AvgIpc) is 1.94. The first-order chi connectivity index (χ1) is 5.11. The van der Waals surface area contributed by atoms with Crippen LogP contribution >= 0.6 is 0 Å². The second-order valence-electron chi connectivity index (χ2n) is 3.71. The van der Waals surface area contributed by atoms with Crippen LogP contribution in [0.5, 0.6) is 0 Å². The molecule has 1 nitrogen and oxygen atoms in total. The number of carbonyl (C=O) groups is 1. The molecule has 0 unspecified atom stereocenters. The van der Waals surface area contributed by atoms with Crippen molar-refractivity contribution in [2.24, 2.45) is 11.8 Å². The smallest absolute Gasteiger partial charge is 0.140 e. The van der Waals surface area contributed by atoms with E-state index in [2.05, 4.69) is 19.9 Å². The van der Waals surface area contributed by atoms with Crippen molar-refractivity contribution < 1.29 is 4.79 Å². The molecule has 0 aromatic heterocycles. The van der Waals surface area contributed by atoms with Gasteiger partial charge < -0.3 is 0 Å². The van der Waals surface area contributed by atoms with Crippen molar-refractivity contribution in [3.05, 3.63) is 11.6 Å². The van der Waals surface area contributed by atoms with E-state index < -0.39 is 0 Å². The number of carbonyl (C=O) groups excluding carboxylic acids is 1. The third-order valence-corrected chi connectivity index (χ3v) is 2.40. The molecule has 0 spiro atoms. The fourth-order valence-corrected chi connectivity index (χ4v) is 1.35. The van der Waals surface area contributed by atoms with Gasteiger partial charge in [-0.05, 0) is 12.3 Å². The highest BCUT2D eigenvalue weighted by Gasteiger charge is 2.19. The zero-order chi connectivity index (χ0) is 8.43. The van der Waals surface area contributed by atoms with Gasteiger partial charge in [0.05, 0.1) is 0 Å². The van der Waals surface area contributed by atoms with Crippen molar-refractivity contribution >= 4 is 5.78 Å². The Kier molecular flexibility index (Phi) is 2.48. The molecule has 1 atom stereocenters. The number of hydrogen-bond acceptors (Lipinski definition) is 1. The van der Waals surface area contributed by atoms with Crippen LogP contribution in [-0.2, 0) is 4.79 Å². The lowest BCUT2D eigenvalue weighted by Gasteiger charge is -2.19. The Balaban J connectivity index is 2.66.